The average molecular weight is 376 g/mol. The van der Waals surface area contributed by atoms with Crippen molar-refractivity contribution in [3.05, 3.63) is 80.7 Å². The van der Waals surface area contributed by atoms with E-state index in [4.69, 9.17) is 9.15 Å². The number of hydrogen-bond donors (Lipinski definition) is 0. The zero-order valence-electron chi connectivity index (χ0n) is 16.5. The van der Waals surface area contributed by atoms with Crippen molar-refractivity contribution in [1.29, 1.82) is 0 Å². The summed E-state index contributed by atoms with van der Waals surface area (Å²) in [7, 11) is 0. The molecule has 2 aromatic carbocycles. The maximum atomic E-state index is 13.1. The van der Waals surface area contributed by atoms with E-state index in [0.29, 0.717) is 35.5 Å². The second-order valence-electron chi connectivity index (χ2n) is 7.36. The fourth-order valence-corrected chi connectivity index (χ4v) is 4.06. The van der Waals surface area contributed by atoms with E-state index in [1.165, 1.54) is 11.1 Å². The molecule has 1 aliphatic carbocycles. The Morgan fingerprint density at radius 2 is 1.93 bits per heavy atom. The smallest absolute Gasteiger partial charge is 0.338 e. The van der Waals surface area contributed by atoms with E-state index in [0.717, 1.165) is 17.7 Å². The Bertz CT molecular complexity index is 1110. The molecule has 2 unspecified atom stereocenters. The Kier molecular flexibility index (Phi) is 4.80. The molecular weight excluding hydrogens is 352 g/mol. The number of aryl methyl sites for hydroxylation is 1. The van der Waals surface area contributed by atoms with Crippen LogP contribution < -0.4 is 5.43 Å². The van der Waals surface area contributed by atoms with Gasteiger partial charge in [-0.1, -0.05) is 31.2 Å². The molecule has 4 rings (SSSR count). The van der Waals surface area contributed by atoms with Gasteiger partial charge in [-0.3, -0.25) is 4.79 Å². The molecule has 1 saturated carbocycles. The van der Waals surface area contributed by atoms with Gasteiger partial charge < -0.3 is 9.15 Å². The molecule has 1 aromatic heterocycles. The lowest BCUT2D eigenvalue weighted by Crippen LogP contribution is -2.13. The van der Waals surface area contributed by atoms with Gasteiger partial charge in [0.15, 0.2) is 5.43 Å². The molecule has 0 bridgehead atoms. The Balaban J connectivity index is 1.76. The third-order valence-corrected chi connectivity index (χ3v) is 5.60. The molecule has 0 spiro atoms. The summed E-state index contributed by atoms with van der Waals surface area (Å²) in [6.45, 7) is 6.16. The van der Waals surface area contributed by atoms with Crippen molar-refractivity contribution in [3.63, 3.8) is 0 Å². The molecule has 0 N–H and O–H groups in total. The van der Waals surface area contributed by atoms with Gasteiger partial charge in [0.05, 0.1) is 17.6 Å². The van der Waals surface area contributed by atoms with Gasteiger partial charge in [0.2, 0.25) is 0 Å². The molecule has 4 heteroatoms. The van der Waals surface area contributed by atoms with Crippen LogP contribution in [0, 0.1) is 6.92 Å². The first-order valence-corrected chi connectivity index (χ1v) is 9.87. The van der Waals surface area contributed by atoms with Crippen LogP contribution in [0.3, 0.4) is 0 Å². The van der Waals surface area contributed by atoms with Crippen LogP contribution in [0.15, 0.2) is 51.7 Å². The van der Waals surface area contributed by atoms with Gasteiger partial charge in [-0.05, 0) is 61.9 Å². The number of ether oxygens (including phenoxy) is 1. The molecule has 1 fully saturated rings. The fourth-order valence-electron chi connectivity index (χ4n) is 4.06. The molecule has 144 valence electrons. The van der Waals surface area contributed by atoms with Crippen LogP contribution in [0.1, 0.15) is 64.9 Å². The van der Waals surface area contributed by atoms with E-state index in [2.05, 4.69) is 25.1 Å². The van der Waals surface area contributed by atoms with Crippen LogP contribution in [0.25, 0.3) is 11.0 Å². The Morgan fingerprint density at radius 1 is 1.14 bits per heavy atom. The standard InChI is InChI=1S/C24H24O4/c1-4-16-22(25)20-12-15(24(26)27-5-2)10-11-21(20)28-23(16)19-13-18(19)17-9-7-6-8-14(17)3/h6-12,18-19H,4-5,13H2,1-3H3. The Morgan fingerprint density at radius 3 is 2.64 bits per heavy atom. The maximum absolute atomic E-state index is 13.1. The van der Waals surface area contributed by atoms with E-state index in [-0.39, 0.29) is 11.3 Å². The van der Waals surface area contributed by atoms with Crippen molar-refractivity contribution in [2.75, 3.05) is 6.61 Å². The number of esters is 1. The van der Waals surface area contributed by atoms with Crippen LogP contribution in [0.5, 0.6) is 0 Å². The summed E-state index contributed by atoms with van der Waals surface area (Å²) in [4.78, 5) is 25.2. The number of hydrogen-bond acceptors (Lipinski definition) is 4. The minimum Gasteiger partial charge on any atom is -0.462 e. The van der Waals surface area contributed by atoms with Crippen LogP contribution in [0.4, 0.5) is 0 Å². The number of carbonyl (C=O) groups excluding carboxylic acids is 1. The highest BCUT2D eigenvalue weighted by atomic mass is 16.5. The van der Waals surface area contributed by atoms with Gasteiger partial charge >= 0.3 is 5.97 Å². The van der Waals surface area contributed by atoms with Crippen molar-refractivity contribution in [2.24, 2.45) is 0 Å². The summed E-state index contributed by atoms with van der Waals surface area (Å²) >= 11 is 0. The number of rotatable bonds is 5. The predicted molar refractivity (Wildman–Crippen MR) is 109 cm³/mol. The Hall–Kier alpha value is -2.88. The second-order valence-corrected chi connectivity index (χ2v) is 7.36. The van der Waals surface area contributed by atoms with Crippen LogP contribution in [0.2, 0.25) is 0 Å². The van der Waals surface area contributed by atoms with Gasteiger partial charge in [-0.25, -0.2) is 4.79 Å². The SMILES string of the molecule is CCOC(=O)c1ccc2oc(C3CC3c3ccccc3C)c(CC)c(=O)c2c1. The molecule has 1 heterocycles. The molecule has 0 radical (unpaired) electrons. The highest BCUT2D eigenvalue weighted by Gasteiger charge is 2.43. The molecule has 0 saturated heterocycles. The first kappa shape index (κ1) is 18.5. The summed E-state index contributed by atoms with van der Waals surface area (Å²) in [5, 5.41) is 0.444. The third-order valence-electron chi connectivity index (χ3n) is 5.60. The van der Waals surface area contributed by atoms with E-state index in [1.807, 2.05) is 13.0 Å². The zero-order chi connectivity index (χ0) is 19.8. The molecular formula is C24H24O4. The van der Waals surface area contributed by atoms with Gasteiger partial charge in [0.1, 0.15) is 11.3 Å². The summed E-state index contributed by atoms with van der Waals surface area (Å²) < 4.78 is 11.3. The first-order chi connectivity index (χ1) is 13.5. The molecule has 28 heavy (non-hydrogen) atoms. The lowest BCUT2D eigenvalue weighted by atomic mass is 9.99. The third kappa shape index (κ3) is 3.13. The number of fused-ring (bicyclic) bond motifs is 1. The molecule has 4 nitrogen and oxygen atoms in total. The summed E-state index contributed by atoms with van der Waals surface area (Å²) in [5.41, 5.74) is 4.18. The molecule has 1 aliphatic rings. The van der Waals surface area contributed by atoms with E-state index >= 15 is 0 Å². The van der Waals surface area contributed by atoms with Crippen molar-refractivity contribution in [1.82, 2.24) is 0 Å². The summed E-state index contributed by atoms with van der Waals surface area (Å²) in [6.07, 6.45) is 1.60. The van der Waals surface area contributed by atoms with Gasteiger partial charge in [-0.2, -0.15) is 0 Å². The Labute approximate surface area is 164 Å². The lowest BCUT2D eigenvalue weighted by Gasteiger charge is -2.10. The monoisotopic (exact) mass is 376 g/mol. The molecule has 2 atom stereocenters. The lowest BCUT2D eigenvalue weighted by molar-refractivity contribution is 0.0526. The maximum Gasteiger partial charge on any atom is 0.338 e. The highest BCUT2D eigenvalue weighted by molar-refractivity contribution is 5.94. The zero-order valence-corrected chi connectivity index (χ0v) is 16.5. The van der Waals surface area contributed by atoms with Gasteiger partial charge in [0.25, 0.3) is 0 Å². The van der Waals surface area contributed by atoms with E-state index in [9.17, 15) is 9.59 Å². The van der Waals surface area contributed by atoms with E-state index in [1.54, 1.807) is 25.1 Å². The number of benzene rings is 2. The minimum absolute atomic E-state index is 0.0414. The van der Waals surface area contributed by atoms with Crippen molar-refractivity contribution in [3.8, 4) is 0 Å². The van der Waals surface area contributed by atoms with Gasteiger partial charge in [-0.15, -0.1) is 0 Å². The summed E-state index contributed by atoms with van der Waals surface area (Å²) in [5.74, 6) is 1.01. The number of carbonyl (C=O) groups is 1. The topological polar surface area (TPSA) is 56.5 Å². The molecule has 0 aliphatic heterocycles. The second kappa shape index (κ2) is 7.27. The largest absolute Gasteiger partial charge is 0.462 e. The van der Waals surface area contributed by atoms with Crippen LogP contribution in [-0.4, -0.2) is 12.6 Å². The van der Waals surface area contributed by atoms with Crippen molar-refractivity contribution >= 4 is 16.9 Å². The van der Waals surface area contributed by atoms with E-state index < -0.39 is 5.97 Å². The fraction of sp³-hybridized carbons (Fsp3) is 0.333. The van der Waals surface area contributed by atoms with Crippen molar-refractivity contribution < 1.29 is 13.9 Å². The normalized spacial score (nSPS) is 18.2. The van der Waals surface area contributed by atoms with Crippen molar-refractivity contribution in [2.45, 2.75) is 45.4 Å². The summed E-state index contributed by atoms with van der Waals surface area (Å²) in [6, 6.07) is 13.3. The molecule has 3 aromatic rings. The van der Waals surface area contributed by atoms with Crippen LogP contribution in [-0.2, 0) is 11.2 Å². The van der Waals surface area contributed by atoms with Gasteiger partial charge in [0, 0.05) is 11.5 Å². The highest BCUT2D eigenvalue weighted by Crippen LogP contribution is 2.56. The molecule has 0 amide bonds. The predicted octanol–water partition coefficient (Wildman–Crippen LogP) is 5.11. The average Bonchev–Trinajstić information content (AvgIpc) is 3.48. The quantitative estimate of drug-likeness (QED) is 0.581. The minimum atomic E-state index is -0.423. The van der Waals surface area contributed by atoms with Crippen LogP contribution >= 0.6 is 0 Å². The first-order valence-electron chi connectivity index (χ1n) is 9.87.